The average molecular weight is 530 g/mol. The van der Waals surface area contributed by atoms with E-state index in [4.69, 9.17) is 9.97 Å². The van der Waals surface area contributed by atoms with Crippen LogP contribution in [0, 0.1) is 28.4 Å². The SMILES string of the molecule is Cc1nc(-c2ccccc2)nc(N2CCN(C(=O)CC(C)CC(C)(C)C)CC2)c1Cc1ccc([N+](=O)[O-])cc1. The van der Waals surface area contributed by atoms with Crippen molar-refractivity contribution in [1.82, 2.24) is 14.9 Å². The molecule has 39 heavy (non-hydrogen) atoms. The average Bonchev–Trinajstić information content (AvgIpc) is 2.89. The molecule has 2 aromatic carbocycles. The van der Waals surface area contributed by atoms with Crippen LogP contribution in [0.25, 0.3) is 11.4 Å². The van der Waals surface area contributed by atoms with Gasteiger partial charge in [0, 0.05) is 68.0 Å². The Morgan fingerprint density at radius 3 is 2.23 bits per heavy atom. The van der Waals surface area contributed by atoms with E-state index in [1.807, 2.05) is 42.2 Å². The zero-order chi connectivity index (χ0) is 28.2. The molecule has 8 heteroatoms. The van der Waals surface area contributed by atoms with E-state index in [2.05, 4.69) is 32.6 Å². The minimum absolute atomic E-state index is 0.0731. The lowest BCUT2D eigenvalue weighted by molar-refractivity contribution is -0.384. The number of hydrogen-bond donors (Lipinski definition) is 0. The quantitative estimate of drug-likeness (QED) is 0.260. The first-order valence-electron chi connectivity index (χ1n) is 13.7. The lowest BCUT2D eigenvalue weighted by Gasteiger charge is -2.37. The summed E-state index contributed by atoms with van der Waals surface area (Å²) in [6.07, 6.45) is 2.16. The summed E-state index contributed by atoms with van der Waals surface area (Å²) in [5, 5.41) is 11.1. The van der Waals surface area contributed by atoms with E-state index in [1.165, 1.54) is 12.1 Å². The molecule has 0 aliphatic carbocycles. The molecule has 206 valence electrons. The van der Waals surface area contributed by atoms with Crippen molar-refractivity contribution in [1.29, 1.82) is 0 Å². The number of hydrogen-bond acceptors (Lipinski definition) is 6. The van der Waals surface area contributed by atoms with Crippen LogP contribution in [-0.4, -0.2) is 51.9 Å². The number of nitro groups is 1. The Balaban J connectivity index is 1.56. The number of benzene rings is 2. The van der Waals surface area contributed by atoms with Crippen molar-refractivity contribution >= 4 is 17.4 Å². The van der Waals surface area contributed by atoms with Gasteiger partial charge in [-0.15, -0.1) is 0 Å². The zero-order valence-corrected chi connectivity index (χ0v) is 23.7. The smallest absolute Gasteiger partial charge is 0.269 e. The molecule has 1 aliphatic heterocycles. The third-order valence-electron chi connectivity index (χ3n) is 7.17. The minimum Gasteiger partial charge on any atom is -0.353 e. The molecule has 4 rings (SSSR count). The second kappa shape index (κ2) is 11.9. The van der Waals surface area contributed by atoms with Crippen LogP contribution in [0.1, 0.15) is 57.4 Å². The standard InChI is InChI=1S/C31H39N5O3/c1-22(21-31(3,4)5)19-28(37)34-15-17-35(18-16-34)30-27(20-24-11-13-26(14-12-24)36(38)39)23(2)32-29(33-30)25-9-7-6-8-10-25/h6-14,22H,15-21H2,1-5H3. The summed E-state index contributed by atoms with van der Waals surface area (Å²) in [5.74, 6) is 2.11. The van der Waals surface area contributed by atoms with Crippen molar-refractivity contribution in [2.75, 3.05) is 31.1 Å². The van der Waals surface area contributed by atoms with Gasteiger partial charge in [0.15, 0.2) is 5.82 Å². The first-order valence-corrected chi connectivity index (χ1v) is 13.7. The Bertz CT molecular complexity index is 1290. The molecule has 0 spiro atoms. The van der Waals surface area contributed by atoms with E-state index >= 15 is 0 Å². The van der Waals surface area contributed by atoms with Crippen LogP contribution < -0.4 is 4.90 Å². The van der Waals surface area contributed by atoms with Crippen molar-refractivity contribution in [3.05, 3.63) is 81.5 Å². The van der Waals surface area contributed by atoms with Crippen molar-refractivity contribution in [3.63, 3.8) is 0 Å². The Morgan fingerprint density at radius 2 is 1.64 bits per heavy atom. The fraction of sp³-hybridized carbons (Fsp3) is 0.452. The predicted molar refractivity (Wildman–Crippen MR) is 155 cm³/mol. The van der Waals surface area contributed by atoms with Crippen LogP contribution in [0.2, 0.25) is 0 Å². The molecule has 0 saturated carbocycles. The summed E-state index contributed by atoms with van der Waals surface area (Å²) < 4.78 is 0. The molecule has 1 aromatic heterocycles. The maximum absolute atomic E-state index is 13.0. The highest BCUT2D eigenvalue weighted by molar-refractivity contribution is 5.77. The molecule has 0 N–H and O–H groups in total. The van der Waals surface area contributed by atoms with Crippen LogP contribution in [0.15, 0.2) is 54.6 Å². The Hall–Kier alpha value is -3.81. The van der Waals surface area contributed by atoms with Crippen LogP contribution in [0.4, 0.5) is 11.5 Å². The van der Waals surface area contributed by atoms with Gasteiger partial charge < -0.3 is 9.80 Å². The summed E-state index contributed by atoms with van der Waals surface area (Å²) >= 11 is 0. The maximum Gasteiger partial charge on any atom is 0.269 e. The number of nitrogens with zero attached hydrogens (tertiary/aromatic N) is 5. The number of rotatable bonds is 8. The number of amides is 1. The second-order valence-corrected chi connectivity index (χ2v) is 11.8. The largest absolute Gasteiger partial charge is 0.353 e. The highest BCUT2D eigenvalue weighted by Crippen LogP contribution is 2.30. The molecule has 0 radical (unpaired) electrons. The van der Waals surface area contributed by atoms with Gasteiger partial charge in [-0.1, -0.05) is 70.2 Å². The molecule has 2 heterocycles. The Labute approximate surface area is 231 Å². The summed E-state index contributed by atoms with van der Waals surface area (Å²) in [6.45, 7) is 13.5. The molecular weight excluding hydrogens is 490 g/mol. The Kier molecular flexibility index (Phi) is 8.63. The van der Waals surface area contributed by atoms with Crippen molar-refractivity contribution < 1.29 is 9.72 Å². The number of aryl methyl sites for hydroxylation is 1. The summed E-state index contributed by atoms with van der Waals surface area (Å²) in [7, 11) is 0. The summed E-state index contributed by atoms with van der Waals surface area (Å²) in [4.78, 5) is 37.9. The second-order valence-electron chi connectivity index (χ2n) is 11.8. The van der Waals surface area contributed by atoms with Gasteiger partial charge in [0.05, 0.1) is 4.92 Å². The molecule has 1 aliphatic rings. The highest BCUT2D eigenvalue weighted by Gasteiger charge is 2.27. The normalized spacial score (nSPS) is 14.8. The molecule has 8 nitrogen and oxygen atoms in total. The van der Waals surface area contributed by atoms with E-state index in [0.717, 1.165) is 34.6 Å². The van der Waals surface area contributed by atoms with Crippen LogP contribution in [0.3, 0.4) is 0 Å². The van der Waals surface area contributed by atoms with Crippen LogP contribution >= 0.6 is 0 Å². The van der Waals surface area contributed by atoms with Crippen molar-refractivity contribution in [2.45, 2.75) is 53.9 Å². The van der Waals surface area contributed by atoms with Crippen molar-refractivity contribution in [3.8, 4) is 11.4 Å². The molecule has 3 aromatic rings. The summed E-state index contributed by atoms with van der Waals surface area (Å²) in [5.41, 5.74) is 4.07. The third kappa shape index (κ3) is 7.40. The fourth-order valence-corrected chi connectivity index (χ4v) is 5.42. The van der Waals surface area contributed by atoms with Gasteiger partial charge in [0.1, 0.15) is 5.82 Å². The van der Waals surface area contributed by atoms with E-state index in [0.29, 0.717) is 50.8 Å². The number of anilines is 1. The lowest BCUT2D eigenvalue weighted by atomic mass is 9.84. The van der Waals surface area contributed by atoms with Gasteiger partial charge in [0.2, 0.25) is 5.91 Å². The van der Waals surface area contributed by atoms with Gasteiger partial charge in [-0.2, -0.15) is 0 Å². The minimum atomic E-state index is -0.386. The molecule has 1 saturated heterocycles. The molecule has 1 fully saturated rings. The van der Waals surface area contributed by atoms with Gasteiger partial charge in [0.25, 0.3) is 5.69 Å². The topological polar surface area (TPSA) is 92.5 Å². The number of carbonyl (C=O) groups is 1. The number of nitro benzene ring substituents is 1. The number of non-ortho nitro benzene ring substituents is 1. The third-order valence-corrected chi connectivity index (χ3v) is 7.17. The lowest BCUT2D eigenvalue weighted by Crippen LogP contribution is -2.49. The Morgan fingerprint density at radius 1 is 1.00 bits per heavy atom. The van der Waals surface area contributed by atoms with Gasteiger partial charge >= 0.3 is 0 Å². The first kappa shape index (κ1) is 28.2. The van der Waals surface area contributed by atoms with Crippen LogP contribution in [0.5, 0.6) is 0 Å². The molecule has 1 amide bonds. The monoisotopic (exact) mass is 529 g/mol. The number of carbonyl (C=O) groups excluding carboxylic acids is 1. The van der Waals surface area contributed by atoms with Gasteiger partial charge in [-0.25, -0.2) is 9.97 Å². The van der Waals surface area contributed by atoms with E-state index < -0.39 is 0 Å². The molecular formula is C31H39N5O3. The first-order chi connectivity index (χ1) is 18.5. The predicted octanol–water partition coefficient (Wildman–Crippen LogP) is 6.06. The zero-order valence-electron chi connectivity index (χ0n) is 23.7. The molecule has 0 bridgehead atoms. The fourth-order valence-electron chi connectivity index (χ4n) is 5.42. The highest BCUT2D eigenvalue weighted by atomic mass is 16.6. The van der Waals surface area contributed by atoms with Gasteiger partial charge in [-0.3, -0.25) is 14.9 Å². The molecule has 1 unspecified atom stereocenters. The number of piperazine rings is 1. The van der Waals surface area contributed by atoms with Crippen molar-refractivity contribution in [2.24, 2.45) is 11.3 Å². The van der Waals surface area contributed by atoms with E-state index in [1.54, 1.807) is 12.1 Å². The maximum atomic E-state index is 13.0. The van der Waals surface area contributed by atoms with E-state index in [-0.39, 0.29) is 21.9 Å². The number of aromatic nitrogens is 2. The van der Waals surface area contributed by atoms with Crippen LogP contribution in [-0.2, 0) is 11.2 Å². The molecule has 1 atom stereocenters. The van der Waals surface area contributed by atoms with E-state index in [9.17, 15) is 14.9 Å². The summed E-state index contributed by atoms with van der Waals surface area (Å²) in [6, 6.07) is 16.6. The van der Waals surface area contributed by atoms with Gasteiger partial charge in [-0.05, 0) is 30.2 Å².